The van der Waals surface area contributed by atoms with Crippen molar-refractivity contribution < 1.29 is 4.79 Å². The second kappa shape index (κ2) is 6.34. The quantitative estimate of drug-likeness (QED) is 0.743. The van der Waals surface area contributed by atoms with E-state index in [9.17, 15) is 4.79 Å². The number of hydrogen-bond donors (Lipinski definition) is 0. The highest BCUT2D eigenvalue weighted by Gasteiger charge is 2.13. The molecule has 0 aliphatic carbocycles. The predicted octanol–water partition coefficient (Wildman–Crippen LogP) is 2.73. The van der Waals surface area contributed by atoms with E-state index in [0.29, 0.717) is 6.54 Å². The fraction of sp³-hybridized carbons (Fsp3) is 0.312. The summed E-state index contributed by atoms with van der Waals surface area (Å²) in [7, 11) is 1.90. The standard InChI is InChI=1S/C16H20N2O/c1-3-18(12-14-8-5-4-6-9-14)13-16(19)15-10-7-11-17(15)2/h4-11H,3,12-13H2,1-2H3. The van der Waals surface area contributed by atoms with Crippen LogP contribution in [0.15, 0.2) is 48.7 Å². The molecule has 0 aliphatic heterocycles. The maximum atomic E-state index is 12.2. The lowest BCUT2D eigenvalue weighted by molar-refractivity contribution is 0.0921. The molecule has 0 unspecified atom stereocenters. The second-order valence-corrected chi connectivity index (χ2v) is 4.72. The second-order valence-electron chi connectivity index (χ2n) is 4.72. The minimum Gasteiger partial charge on any atom is -0.348 e. The molecule has 0 N–H and O–H groups in total. The van der Waals surface area contributed by atoms with Crippen LogP contribution in [0.1, 0.15) is 23.0 Å². The minimum absolute atomic E-state index is 0.172. The first-order valence-electron chi connectivity index (χ1n) is 6.61. The number of benzene rings is 1. The van der Waals surface area contributed by atoms with Crippen molar-refractivity contribution in [2.24, 2.45) is 7.05 Å². The van der Waals surface area contributed by atoms with Gasteiger partial charge in [0.25, 0.3) is 0 Å². The van der Waals surface area contributed by atoms with Gasteiger partial charge in [-0.15, -0.1) is 0 Å². The summed E-state index contributed by atoms with van der Waals surface area (Å²) in [6.07, 6.45) is 1.90. The van der Waals surface area contributed by atoms with Gasteiger partial charge in [0.05, 0.1) is 12.2 Å². The van der Waals surface area contributed by atoms with Crippen molar-refractivity contribution >= 4 is 5.78 Å². The lowest BCUT2D eigenvalue weighted by Gasteiger charge is -2.19. The third-order valence-electron chi connectivity index (χ3n) is 3.29. The van der Waals surface area contributed by atoms with E-state index in [1.54, 1.807) is 0 Å². The molecule has 0 saturated heterocycles. The van der Waals surface area contributed by atoms with Crippen LogP contribution in [0.3, 0.4) is 0 Å². The van der Waals surface area contributed by atoms with E-state index >= 15 is 0 Å². The van der Waals surface area contributed by atoms with Crippen LogP contribution in [0.25, 0.3) is 0 Å². The SMILES string of the molecule is CCN(CC(=O)c1cccn1C)Cc1ccccc1. The van der Waals surface area contributed by atoms with Crippen molar-refractivity contribution in [3.8, 4) is 0 Å². The molecule has 0 fully saturated rings. The number of Topliss-reactive ketones (excluding diaryl/α,β-unsaturated/α-hetero) is 1. The zero-order valence-electron chi connectivity index (χ0n) is 11.5. The molecule has 0 bridgehead atoms. The highest BCUT2D eigenvalue weighted by molar-refractivity contribution is 5.96. The largest absolute Gasteiger partial charge is 0.348 e. The molecule has 100 valence electrons. The number of rotatable bonds is 6. The van der Waals surface area contributed by atoms with Crippen molar-refractivity contribution in [2.45, 2.75) is 13.5 Å². The van der Waals surface area contributed by atoms with Gasteiger partial charge in [-0.1, -0.05) is 37.3 Å². The fourth-order valence-corrected chi connectivity index (χ4v) is 2.16. The highest BCUT2D eigenvalue weighted by Crippen LogP contribution is 2.07. The number of aryl methyl sites for hydroxylation is 1. The molecule has 2 rings (SSSR count). The number of aromatic nitrogens is 1. The lowest BCUT2D eigenvalue weighted by Crippen LogP contribution is -2.30. The Morgan fingerprint density at radius 2 is 1.89 bits per heavy atom. The molecular formula is C16H20N2O. The molecule has 2 aromatic rings. The van der Waals surface area contributed by atoms with Crippen molar-refractivity contribution in [3.63, 3.8) is 0 Å². The third-order valence-corrected chi connectivity index (χ3v) is 3.29. The van der Waals surface area contributed by atoms with Gasteiger partial charge in [-0.25, -0.2) is 0 Å². The van der Waals surface area contributed by atoms with Crippen LogP contribution in [-0.4, -0.2) is 28.3 Å². The molecule has 0 amide bonds. The summed E-state index contributed by atoms with van der Waals surface area (Å²) >= 11 is 0. The van der Waals surface area contributed by atoms with Crippen LogP contribution >= 0.6 is 0 Å². The summed E-state index contributed by atoms with van der Waals surface area (Å²) in [4.78, 5) is 14.4. The molecule has 1 aromatic heterocycles. The Kier molecular flexibility index (Phi) is 4.53. The van der Waals surface area contributed by atoms with E-state index < -0.39 is 0 Å². The van der Waals surface area contributed by atoms with Crippen molar-refractivity contribution in [2.75, 3.05) is 13.1 Å². The summed E-state index contributed by atoms with van der Waals surface area (Å²) in [5.74, 6) is 0.172. The average Bonchev–Trinajstić information content (AvgIpc) is 2.85. The third kappa shape index (κ3) is 3.55. The smallest absolute Gasteiger partial charge is 0.193 e. The maximum Gasteiger partial charge on any atom is 0.193 e. The molecule has 1 heterocycles. The van der Waals surface area contributed by atoms with Crippen LogP contribution in [-0.2, 0) is 13.6 Å². The molecule has 0 saturated carbocycles. The van der Waals surface area contributed by atoms with Gasteiger partial charge in [-0.2, -0.15) is 0 Å². The minimum atomic E-state index is 0.172. The fourth-order valence-electron chi connectivity index (χ4n) is 2.16. The van der Waals surface area contributed by atoms with Gasteiger partial charge in [0.2, 0.25) is 0 Å². The van der Waals surface area contributed by atoms with Gasteiger partial charge < -0.3 is 4.57 Å². The molecule has 1 aromatic carbocycles. The van der Waals surface area contributed by atoms with E-state index in [4.69, 9.17) is 0 Å². The molecule has 19 heavy (non-hydrogen) atoms. The Morgan fingerprint density at radius 3 is 2.47 bits per heavy atom. The highest BCUT2D eigenvalue weighted by atomic mass is 16.1. The molecule has 3 nitrogen and oxygen atoms in total. The molecular weight excluding hydrogens is 236 g/mol. The molecule has 0 spiro atoms. The number of hydrogen-bond acceptors (Lipinski definition) is 2. The van der Waals surface area contributed by atoms with Crippen molar-refractivity contribution in [1.82, 2.24) is 9.47 Å². The van der Waals surface area contributed by atoms with Gasteiger partial charge in [0, 0.05) is 19.8 Å². The van der Waals surface area contributed by atoms with E-state index in [2.05, 4.69) is 24.0 Å². The van der Waals surface area contributed by atoms with Gasteiger partial charge in [0.1, 0.15) is 0 Å². The summed E-state index contributed by atoms with van der Waals surface area (Å²) < 4.78 is 1.87. The summed E-state index contributed by atoms with van der Waals surface area (Å²) in [5, 5.41) is 0. The summed E-state index contributed by atoms with van der Waals surface area (Å²) in [6.45, 7) is 4.23. The molecule has 0 atom stereocenters. The lowest BCUT2D eigenvalue weighted by atomic mass is 10.2. The Bertz CT molecular complexity index is 531. The Balaban J connectivity index is 2.00. The van der Waals surface area contributed by atoms with Crippen LogP contribution in [0, 0.1) is 0 Å². The van der Waals surface area contributed by atoms with Gasteiger partial charge >= 0.3 is 0 Å². The Morgan fingerprint density at radius 1 is 1.16 bits per heavy atom. The normalized spacial score (nSPS) is 10.9. The van der Waals surface area contributed by atoms with Gasteiger partial charge in [0.15, 0.2) is 5.78 Å². The first-order valence-corrected chi connectivity index (χ1v) is 6.61. The summed E-state index contributed by atoms with van der Waals surface area (Å²) in [5.41, 5.74) is 2.01. The first-order chi connectivity index (χ1) is 9.20. The van der Waals surface area contributed by atoms with E-state index in [-0.39, 0.29) is 5.78 Å². The predicted molar refractivity (Wildman–Crippen MR) is 77.1 cm³/mol. The summed E-state index contributed by atoms with van der Waals surface area (Å²) in [6, 6.07) is 14.0. The number of ketones is 1. The molecule has 0 aliphatic rings. The van der Waals surface area contributed by atoms with Crippen LogP contribution in [0.2, 0.25) is 0 Å². The van der Waals surface area contributed by atoms with Crippen LogP contribution < -0.4 is 0 Å². The van der Waals surface area contributed by atoms with Gasteiger partial charge in [-0.05, 0) is 24.2 Å². The number of carbonyl (C=O) groups excluding carboxylic acids is 1. The Hall–Kier alpha value is -1.87. The zero-order valence-corrected chi connectivity index (χ0v) is 11.5. The number of likely N-dealkylation sites (N-methyl/N-ethyl adjacent to an activating group) is 1. The average molecular weight is 256 g/mol. The van der Waals surface area contributed by atoms with Crippen LogP contribution in [0.4, 0.5) is 0 Å². The van der Waals surface area contributed by atoms with Gasteiger partial charge in [-0.3, -0.25) is 9.69 Å². The van der Waals surface area contributed by atoms with Crippen molar-refractivity contribution in [3.05, 3.63) is 59.9 Å². The topological polar surface area (TPSA) is 25.2 Å². The first kappa shape index (κ1) is 13.6. The van der Waals surface area contributed by atoms with E-state index in [1.807, 2.05) is 48.1 Å². The van der Waals surface area contributed by atoms with Crippen LogP contribution in [0.5, 0.6) is 0 Å². The van der Waals surface area contributed by atoms with E-state index in [0.717, 1.165) is 18.8 Å². The monoisotopic (exact) mass is 256 g/mol. The molecule has 0 radical (unpaired) electrons. The van der Waals surface area contributed by atoms with E-state index in [1.165, 1.54) is 5.56 Å². The Labute approximate surface area is 114 Å². The van der Waals surface area contributed by atoms with Crippen molar-refractivity contribution in [1.29, 1.82) is 0 Å². The maximum absolute atomic E-state index is 12.2. The molecule has 3 heteroatoms. The zero-order chi connectivity index (χ0) is 13.7. The number of nitrogens with zero attached hydrogens (tertiary/aromatic N) is 2. The number of carbonyl (C=O) groups is 1.